The van der Waals surface area contributed by atoms with E-state index in [1.165, 1.54) is 29.1 Å². The third kappa shape index (κ3) is 14.7. The maximum absolute atomic E-state index is 12.6. The van der Waals surface area contributed by atoms with Gasteiger partial charge in [0.05, 0.1) is 80.5 Å². The number of carbonyl (C=O) groups excluding carboxylic acids is 1. The van der Waals surface area contributed by atoms with E-state index >= 15 is 0 Å². The van der Waals surface area contributed by atoms with Crippen LogP contribution in [0.2, 0.25) is 0 Å². The van der Waals surface area contributed by atoms with E-state index in [9.17, 15) is 9.59 Å². The lowest BCUT2D eigenvalue weighted by atomic mass is 10.1. The molecule has 1 N–H and O–H groups in total. The molecule has 10 aromatic heterocycles. The van der Waals surface area contributed by atoms with Gasteiger partial charge in [-0.15, -0.1) is 5.10 Å². The zero-order valence-corrected chi connectivity index (χ0v) is 38.6. The Hall–Kier alpha value is -7.70. The highest BCUT2D eigenvalue weighted by molar-refractivity contribution is 9.08. The molecule has 0 spiro atoms. The van der Waals surface area contributed by atoms with Gasteiger partial charge in [0, 0.05) is 77.5 Å². The summed E-state index contributed by atoms with van der Waals surface area (Å²) >= 11 is 3.40. The molecular formula is C55H72BrN11O6. The minimum atomic E-state index is -0.360. The van der Waals surface area contributed by atoms with Crippen molar-refractivity contribution in [2.75, 3.05) is 20.8 Å². The van der Waals surface area contributed by atoms with E-state index in [0.29, 0.717) is 41.9 Å². The Balaban J connectivity index is 0.000000370. The molecule has 18 heteroatoms. The predicted molar refractivity (Wildman–Crippen MR) is 295 cm³/mol. The van der Waals surface area contributed by atoms with Crippen LogP contribution in [-0.2, 0) is 36.6 Å². The quantitative estimate of drug-likeness (QED) is 0.0957. The third-order valence-corrected chi connectivity index (χ3v) is 11.8. The van der Waals surface area contributed by atoms with E-state index in [1.54, 1.807) is 47.8 Å². The number of fused-ring (bicyclic) bond motifs is 4. The number of aliphatic hydroxyl groups is 1. The number of nitrogens with zero attached hydrogens (tertiary/aromatic N) is 11. The summed E-state index contributed by atoms with van der Waals surface area (Å²) in [7, 11) is 4.65. The highest BCUT2D eigenvalue weighted by atomic mass is 79.9. The maximum Gasteiger partial charge on any atom is 0.341 e. The third-order valence-electron chi connectivity index (χ3n) is 11.2. The Morgan fingerprint density at radius 2 is 1.16 bits per heavy atom. The van der Waals surface area contributed by atoms with E-state index in [-0.39, 0.29) is 62.7 Å². The average Bonchev–Trinajstić information content (AvgIpc) is 3.76. The number of methoxy groups -OCH3 is 2. The van der Waals surface area contributed by atoms with Crippen molar-refractivity contribution < 1.29 is 24.1 Å². The number of aryl methyl sites for hydroxylation is 3. The van der Waals surface area contributed by atoms with Crippen LogP contribution in [0.3, 0.4) is 0 Å². The van der Waals surface area contributed by atoms with Crippen LogP contribution >= 0.6 is 15.9 Å². The minimum absolute atomic E-state index is 0. The highest BCUT2D eigenvalue weighted by Crippen LogP contribution is 2.46. The van der Waals surface area contributed by atoms with Crippen molar-refractivity contribution in [2.24, 2.45) is 13.0 Å². The van der Waals surface area contributed by atoms with Gasteiger partial charge in [0.2, 0.25) is 5.88 Å². The number of pyridine rings is 5. The van der Waals surface area contributed by atoms with Gasteiger partial charge in [-0.2, -0.15) is 20.4 Å². The van der Waals surface area contributed by atoms with Gasteiger partial charge in [0.1, 0.15) is 11.3 Å². The number of aliphatic hydroxyl groups excluding tert-OH is 1. The van der Waals surface area contributed by atoms with Crippen molar-refractivity contribution in [1.82, 2.24) is 53.2 Å². The van der Waals surface area contributed by atoms with Crippen LogP contribution in [0.15, 0.2) is 152 Å². The van der Waals surface area contributed by atoms with Gasteiger partial charge >= 0.3 is 5.97 Å². The Morgan fingerprint density at radius 3 is 1.70 bits per heavy atom. The molecule has 10 aromatic rings. The molecule has 0 aromatic carbocycles. The molecule has 2 atom stereocenters. The summed E-state index contributed by atoms with van der Waals surface area (Å²) in [6.07, 6.45) is 18.5. The van der Waals surface area contributed by atoms with Crippen LogP contribution in [0.25, 0.3) is 22.1 Å². The second kappa shape index (κ2) is 29.0. The summed E-state index contributed by atoms with van der Waals surface area (Å²) < 4.78 is 24.2. The molecule has 73 heavy (non-hydrogen) atoms. The number of aromatic nitrogens is 11. The fourth-order valence-corrected chi connectivity index (χ4v) is 7.89. The fraction of sp³-hybridized carbons (Fsp3) is 0.309. The Bertz CT molecular complexity index is 3220. The average molecular weight is 1060 g/mol. The summed E-state index contributed by atoms with van der Waals surface area (Å²) in [6.45, 7) is 0.602. The van der Waals surface area contributed by atoms with E-state index < -0.39 is 0 Å². The second-order valence-corrected chi connectivity index (χ2v) is 16.0. The van der Waals surface area contributed by atoms with Crippen molar-refractivity contribution in [3.8, 4) is 11.6 Å². The SMILES string of the molecule is BrCc1cnn2ccccc12.C.C.C.C.C.C.COC(=O)c1cnn2ccccc12.COc1ccc([C@H]2C[C@@H]2COc2cc(CCc3cnn4ccccc34)c(=O)n(C)n2)nc1.OCc1cnn2ccccc12. The Kier molecular flexibility index (Phi) is 24.4. The maximum atomic E-state index is 12.6. The molecule has 0 radical (unpaired) electrons. The number of hydrogen-bond donors (Lipinski definition) is 1. The molecule has 0 saturated heterocycles. The molecule has 17 nitrogen and oxygen atoms in total. The summed E-state index contributed by atoms with van der Waals surface area (Å²) in [5.74, 6) is 1.67. The van der Waals surface area contributed by atoms with E-state index in [4.69, 9.17) is 14.6 Å². The molecule has 1 aliphatic rings. The first-order valence-electron chi connectivity index (χ1n) is 21.4. The number of esters is 1. The van der Waals surface area contributed by atoms with Crippen molar-refractivity contribution in [2.45, 2.75) is 81.7 Å². The molecule has 0 bridgehead atoms. The summed E-state index contributed by atoms with van der Waals surface area (Å²) in [5.41, 5.74) is 9.30. The predicted octanol–water partition coefficient (Wildman–Crippen LogP) is 10.8. The number of alkyl halides is 1. The van der Waals surface area contributed by atoms with Crippen LogP contribution in [0.1, 0.15) is 95.2 Å². The molecular weight excluding hydrogens is 991 g/mol. The lowest BCUT2D eigenvalue weighted by molar-refractivity contribution is 0.0603. The zero-order valence-electron chi connectivity index (χ0n) is 37.0. The van der Waals surface area contributed by atoms with Crippen molar-refractivity contribution in [3.05, 3.63) is 191 Å². The normalized spacial score (nSPS) is 12.7. The number of rotatable bonds is 11. The smallest absolute Gasteiger partial charge is 0.341 e. The lowest BCUT2D eigenvalue weighted by Gasteiger charge is -2.09. The van der Waals surface area contributed by atoms with Gasteiger partial charge in [-0.3, -0.25) is 9.78 Å². The molecule has 1 saturated carbocycles. The van der Waals surface area contributed by atoms with Crippen LogP contribution in [0, 0.1) is 5.92 Å². The van der Waals surface area contributed by atoms with Crippen LogP contribution in [0.4, 0.5) is 0 Å². The van der Waals surface area contributed by atoms with Crippen molar-refractivity contribution >= 4 is 44.0 Å². The van der Waals surface area contributed by atoms with Crippen molar-refractivity contribution in [3.63, 3.8) is 0 Å². The number of ether oxygens (including phenoxy) is 3. The van der Waals surface area contributed by atoms with Crippen molar-refractivity contribution in [1.29, 1.82) is 0 Å². The molecule has 11 rings (SSSR count). The monoisotopic (exact) mass is 1060 g/mol. The van der Waals surface area contributed by atoms with Gasteiger partial charge < -0.3 is 19.3 Å². The second-order valence-electron chi connectivity index (χ2n) is 15.4. The standard InChI is InChI=1S/C24H25N5O3.C9H8N2O2.C8H7BrN2.C8H8N2O.6CH4/c1-28-24(30)16(6-7-17-13-26-29-10-4-3-5-22(17)29)12-23(27-28)32-15-18-11-20(18)21-9-8-19(31-2)14-25-21;1-13-9(12)7-6-10-11-5-3-2-4-8(7)11;9-5-7-6-10-11-4-2-1-3-8(7)11;11-6-7-5-9-10-4-2-1-3-8(7)10;;;;;;/h3-5,8-10,12-14,18,20H,6-7,11,15H2,1-2H3;2-6H,1H3;1-4,6H,5H2;1-5,11H,6H2;6*1H4/t18-,20+;;;;;;;;;/m1........./s1. The van der Waals surface area contributed by atoms with E-state index in [2.05, 4.69) is 57.2 Å². The number of halogens is 1. The summed E-state index contributed by atoms with van der Waals surface area (Å²) in [4.78, 5) is 28.3. The minimum Gasteiger partial charge on any atom is -0.495 e. The largest absolute Gasteiger partial charge is 0.495 e. The van der Waals surface area contributed by atoms with Crippen LogP contribution in [0.5, 0.6) is 11.6 Å². The van der Waals surface area contributed by atoms with Gasteiger partial charge in [-0.25, -0.2) is 27.5 Å². The highest BCUT2D eigenvalue weighted by Gasteiger charge is 2.40. The van der Waals surface area contributed by atoms with Crippen LogP contribution < -0.4 is 15.0 Å². The fourth-order valence-electron chi connectivity index (χ4n) is 7.46. The Labute approximate surface area is 437 Å². The summed E-state index contributed by atoms with van der Waals surface area (Å²) in [6, 6.07) is 29.0. The zero-order chi connectivity index (χ0) is 46.7. The number of hydrogen-bond acceptors (Lipinski definition) is 12. The molecule has 0 amide bonds. The molecule has 10 heterocycles. The molecule has 0 aliphatic heterocycles. The first-order chi connectivity index (χ1) is 32.8. The molecule has 390 valence electrons. The van der Waals surface area contributed by atoms with Gasteiger partial charge in [-0.1, -0.05) is 84.8 Å². The Morgan fingerprint density at radius 1 is 0.658 bits per heavy atom. The molecule has 1 aliphatic carbocycles. The van der Waals surface area contributed by atoms with E-state index in [0.717, 1.165) is 57.3 Å². The lowest BCUT2D eigenvalue weighted by Crippen LogP contribution is -2.24. The first kappa shape index (κ1) is 61.4. The molecule has 0 unspecified atom stereocenters. The summed E-state index contributed by atoms with van der Waals surface area (Å²) in [5, 5.41) is 30.6. The van der Waals surface area contributed by atoms with E-state index in [1.807, 2.05) is 119 Å². The van der Waals surface area contributed by atoms with Crippen LogP contribution in [-0.4, -0.2) is 85.1 Å². The van der Waals surface area contributed by atoms with Gasteiger partial charge in [0.25, 0.3) is 5.56 Å². The number of carbonyl (C=O) groups is 1. The van der Waals surface area contributed by atoms with Gasteiger partial charge in [0.15, 0.2) is 0 Å². The molecule has 1 fully saturated rings. The van der Waals surface area contributed by atoms with Gasteiger partial charge in [-0.05, 0) is 85.5 Å². The topological polar surface area (TPSA) is 182 Å². The first-order valence-corrected chi connectivity index (χ1v) is 22.5.